The molecule has 7 nitrogen and oxygen atoms in total. The molecule has 1 aromatic heterocycles. The van der Waals surface area contributed by atoms with Gasteiger partial charge in [0.1, 0.15) is 11.5 Å². The van der Waals surface area contributed by atoms with E-state index in [1.165, 1.54) is 0 Å². The zero-order valence-corrected chi connectivity index (χ0v) is 19.7. The zero-order chi connectivity index (χ0) is 23.2. The van der Waals surface area contributed by atoms with Crippen molar-refractivity contribution in [2.75, 3.05) is 32.2 Å². The van der Waals surface area contributed by atoms with Crippen LogP contribution in [0.2, 0.25) is 0 Å². The molecule has 1 aliphatic heterocycles. The molecule has 0 radical (unpaired) electrons. The van der Waals surface area contributed by atoms with Crippen LogP contribution in [0.4, 0.5) is 5.69 Å². The molecular formula is C25H29N3O4S. The first kappa shape index (κ1) is 23.1. The lowest BCUT2D eigenvalue weighted by Crippen LogP contribution is -2.40. The molecule has 1 saturated heterocycles. The number of H-pyrrole nitrogens is 1. The van der Waals surface area contributed by atoms with Crippen LogP contribution >= 0.6 is 12.2 Å². The second-order valence-electron chi connectivity index (χ2n) is 7.98. The summed E-state index contributed by atoms with van der Waals surface area (Å²) in [6.07, 6.45) is 2.11. The maximum absolute atomic E-state index is 12.9. The van der Waals surface area contributed by atoms with E-state index in [9.17, 15) is 4.79 Å². The Morgan fingerprint density at radius 3 is 2.70 bits per heavy atom. The lowest BCUT2D eigenvalue weighted by molar-refractivity contribution is 0.0904. The number of rotatable bonds is 8. The van der Waals surface area contributed by atoms with Crippen LogP contribution in [0.25, 0.3) is 10.9 Å². The molecule has 0 amide bonds. The maximum atomic E-state index is 12.9. The summed E-state index contributed by atoms with van der Waals surface area (Å²) < 4.78 is 16.6. The summed E-state index contributed by atoms with van der Waals surface area (Å²) in [4.78, 5) is 17.8. The number of aromatic amines is 1. The quantitative estimate of drug-likeness (QED) is 0.478. The van der Waals surface area contributed by atoms with Gasteiger partial charge in [-0.15, -0.1) is 0 Å². The average Bonchev–Trinajstić information content (AvgIpc) is 3.33. The first-order valence-corrected chi connectivity index (χ1v) is 11.6. The molecule has 0 saturated carbocycles. The number of thiocarbonyl (C=S) groups is 1. The van der Waals surface area contributed by atoms with Crippen LogP contribution < -0.4 is 20.3 Å². The van der Waals surface area contributed by atoms with Gasteiger partial charge in [0.2, 0.25) is 0 Å². The molecule has 0 spiro atoms. The third-order valence-corrected chi connectivity index (χ3v) is 6.00. The van der Waals surface area contributed by atoms with Gasteiger partial charge in [0.05, 0.1) is 31.9 Å². The van der Waals surface area contributed by atoms with Gasteiger partial charge in [0.25, 0.3) is 5.56 Å². The summed E-state index contributed by atoms with van der Waals surface area (Å²) in [5, 5.41) is 4.78. The summed E-state index contributed by atoms with van der Waals surface area (Å²) in [5.41, 5.74) is 2.10. The highest BCUT2D eigenvalue weighted by Gasteiger charge is 2.22. The van der Waals surface area contributed by atoms with Gasteiger partial charge in [-0.1, -0.05) is 0 Å². The molecule has 2 aromatic carbocycles. The van der Waals surface area contributed by atoms with Crippen molar-refractivity contribution in [3.8, 4) is 11.5 Å². The Kier molecular flexibility index (Phi) is 7.47. The number of aromatic nitrogens is 1. The van der Waals surface area contributed by atoms with E-state index in [-0.39, 0.29) is 11.7 Å². The number of hydrogen-bond donors (Lipinski definition) is 2. The topological polar surface area (TPSA) is 75.8 Å². The van der Waals surface area contributed by atoms with E-state index in [0.29, 0.717) is 36.1 Å². The van der Waals surface area contributed by atoms with E-state index in [1.807, 2.05) is 60.4 Å². The van der Waals surface area contributed by atoms with Gasteiger partial charge < -0.3 is 29.4 Å². The molecule has 174 valence electrons. The van der Waals surface area contributed by atoms with Crippen LogP contribution in [0.3, 0.4) is 0 Å². The minimum Gasteiger partial charge on any atom is -0.497 e. The van der Waals surface area contributed by atoms with Crippen LogP contribution in [-0.2, 0) is 11.3 Å². The second kappa shape index (κ2) is 10.7. The van der Waals surface area contributed by atoms with Crippen LogP contribution in [-0.4, -0.2) is 48.0 Å². The van der Waals surface area contributed by atoms with Crippen molar-refractivity contribution in [1.29, 1.82) is 0 Å². The van der Waals surface area contributed by atoms with E-state index in [2.05, 4.69) is 10.3 Å². The highest BCUT2D eigenvalue weighted by atomic mass is 32.1. The maximum Gasteiger partial charge on any atom is 0.253 e. The molecule has 1 fully saturated rings. The monoisotopic (exact) mass is 467 g/mol. The number of hydrogen-bond acceptors (Lipinski definition) is 5. The van der Waals surface area contributed by atoms with E-state index >= 15 is 0 Å². The summed E-state index contributed by atoms with van der Waals surface area (Å²) in [5.74, 6) is 1.51. The SMILES string of the molecule is CCOc1ccc(NC(=S)N(Cc2cc3ccc(OC)cc3[nH]c2=O)CC2CCCO2)cc1. The average molecular weight is 468 g/mol. The van der Waals surface area contributed by atoms with Gasteiger partial charge in [-0.2, -0.15) is 0 Å². The molecule has 4 rings (SSSR count). The number of nitrogens with one attached hydrogen (secondary N) is 2. The number of nitrogens with zero attached hydrogens (tertiary/aromatic N) is 1. The molecule has 2 N–H and O–H groups in total. The number of fused-ring (bicyclic) bond motifs is 1. The Balaban J connectivity index is 1.55. The third kappa shape index (κ3) is 5.83. The minimum atomic E-state index is -0.142. The molecule has 0 aliphatic carbocycles. The van der Waals surface area contributed by atoms with Gasteiger partial charge in [0, 0.05) is 30.5 Å². The molecule has 8 heteroatoms. The van der Waals surface area contributed by atoms with Crippen LogP contribution in [0, 0.1) is 0 Å². The van der Waals surface area contributed by atoms with Gasteiger partial charge in [-0.3, -0.25) is 4.79 Å². The Labute approximate surface area is 198 Å². The van der Waals surface area contributed by atoms with Crippen molar-refractivity contribution >= 4 is 33.9 Å². The third-order valence-electron chi connectivity index (χ3n) is 5.64. The highest BCUT2D eigenvalue weighted by Crippen LogP contribution is 2.21. The van der Waals surface area contributed by atoms with Crippen molar-refractivity contribution < 1.29 is 14.2 Å². The molecule has 1 aliphatic rings. The van der Waals surface area contributed by atoms with Crippen molar-refractivity contribution in [2.45, 2.75) is 32.4 Å². The number of ether oxygens (including phenoxy) is 3. The molecule has 33 heavy (non-hydrogen) atoms. The fourth-order valence-electron chi connectivity index (χ4n) is 3.93. The fourth-order valence-corrected chi connectivity index (χ4v) is 4.19. The molecule has 0 bridgehead atoms. The number of anilines is 1. The van der Waals surface area contributed by atoms with Crippen molar-refractivity contribution in [3.05, 3.63) is 64.4 Å². The molecular weight excluding hydrogens is 438 g/mol. The number of methoxy groups -OCH3 is 1. The van der Waals surface area contributed by atoms with E-state index < -0.39 is 0 Å². The molecule has 1 atom stereocenters. The van der Waals surface area contributed by atoms with E-state index in [1.54, 1.807) is 7.11 Å². The lowest BCUT2D eigenvalue weighted by Gasteiger charge is -2.28. The Hall–Kier alpha value is -3.10. The van der Waals surface area contributed by atoms with E-state index in [0.717, 1.165) is 41.8 Å². The first-order chi connectivity index (χ1) is 16.1. The van der Waals surface area contributed by atoms with Crippen molar-refractivity contribution in [1.82, 2.24) is 9.88 Å². The standard InChI is InChI=1S/C25H29N3O4S/c1-3-31-20-10-7-19(8-11-20)26-25(33)28(16-22-5-4-12-32-22)15-18-13-17-6-9-21(30-2)14-23(17)27-24(18)29/h6-11,13-14,22H,3-5,12,15-16H2,1-2H3,(H,26,33)(H,27,29). The Morgan fingerprint density at radius 2 is 2.00 bits per heavy atom. The Bertz CT molecular complexity index is 1160. The van der Waals surface area contributed by atoms with Gasteiger partial charge >= 0.3 is 0 Å². The van der Waals surface area contributed by atoms with Crippen LogP contribution in [0.5, 0.6) is 11.5 Å². The van der Waals surface area contributed by atoms with Crippen molar-refractivity contribution in [3.63, 3.8) is 0 Å². The normalized spacial score (nSPS) is 15.4. The largest absolute Gasteiger partial charge is 0.497 e. The van der Waals surface area contributed by atoms with Crippen molar-refractivity contribution in [2.24, 2.45) is 0 Å². The molecule has 3 aromatic rings. The van der Waals surface area contributed by atoms with Gasteiger partial charge in [-0.05, 0) is 79.8 Å². The van der Waals surface area contributed by atoms with Crippen LogP contribution in [0.1, 0.15) is 25.3 Å². The Morgan fingerprint density at radius 1 is 1.21 bits per heavy atom. The minimum absolute atomic E-state index is 0.0916. The van der Waals surface area contributed by atoms with Gasteiger partial charge in [0.15, 0.2) is 5.11 Å². The number of benzene rings is 2. The predicted octanol–water partition coefficient (Wildman–Crippen LogP) is 4.31. The smallest absolute Gasteiger partial charge is 0.253 e. The molecule has 2 heterocycles. The highest BCUT2D eigenvalue weighted by molar-refractivity contribution is 7.80. The fraction of sp³-hybridized carbons (Fsp3) is 0.360. The predicted molar refractivity (Wildman–Crippen MR) is 134 cm³/mol. The second-order valence-corrected chi connectivity index (χ2v) is 8.37. The van der Waals surface area contributed by atoms with Crippen LogP contribution in [0.15, 0.2) is 53.3 Å². The summed E-state index contributed by atoms with van der Waals surface area (Å²) >= 11 is 5.75. The molecule has 1 unspecified atom stereocenters. The summed E-state index contributed by atoms with van der Waals surface area (Å²) in [7, 11) is 1.61. The zero-order valence-electron chi connectivity index (χ0n) is 18.9. The lowest BCUT2D eigenvalue weighted by atomic mass is 10.1. The first-order valence-electron chi connectivity index (χ1n) is 11.2. The van der Waals surface area contributed by atoms with E-state index in [4.69, 9.17) is 26.4 Å². The summed E-state index contributed by atoms with van der Waals surface area (Å²) in [6, 6.07) is 15.2. The number of pyridine rings is 1. The summed E-state index contributed by atoms with van der Waals surface area (Å²) in [6.45, 7) is 4.32. The van der Waals surface area contributed by atoms with Gasteiger partial charge in [-0.25, -0.2) is 0 Å².